The minimum Gasteiger partial charge on any atom is -0.485 e. The highest BCUT2D eigenvalue weighted by Gasteiger charge is 2.16. The quantitative estimate of drug-likeness (QED) is 0.570. The van der Waals surface area contributed by atoms with Gasteiger partial charge < -0.3 is 9.30 Å². The number of sulfone groups is 1. The number of carbonyl (C=O) groups excluding carboxylic acids is 1. The number of hydrogen-bond donors (Lipinski definition) is 0. The van der Waals surface area contributed by atoms with E-state index >= 15 is 0 Å². The summed E-state index contributed by atoms with van der Waals surface area (Å²) in [6, 6.07) is 7.96. The number of ketones is 1. The Morgan fingerprint density at radius 2 is 2.00 bits per heavy atom. The maximum atomic E-state index is 12.4. The molecule has 0 unspecified atom stereocenters. The summed E-state index contributed by atoms with van der Waals surface area (Å²) < 4.78 is 30.6. The molecule has 0 saturated heterocycles. The van der Waals surface area contributed by atoms with Crippen LogP contribution in [0.2, 0.25) is 0 Å². The van der Waals surface area contributed by atoms with Gasteiger partial charge >= 0.3 is 0 Å². The first-order valence-electron chi connectivity index (χ1n) is 7.47. The monoisotopic (exact) mass is 347 g/mol. The second-order valence-electron chi connectivity index (χ2n) is 5.64. The Balaban J connectivity index is 2.14. The lowest BCUT2D eigenvalue weighted by Gasteiger charge is -2.08. The standard InChI is InChI=1S/C18H21NO4S/c1-5-9-19-13(2)10-17(14(19)3)18(20)12-23-15-7-6-8-16(11-15)24(4,21)22/h5-8,10-11H,1,9,12H2,2-4H3. The van der Waals surface area contributed by atoms with Crippen molar-refractivity contribution in [1.29, 1.82) is 0 Å². The SMILES string of the molecule is C=CCn1c(C)cc(C(=O)COc2cccc(S(C)(=O)=O)c2)c1C. The van der Waals surface area contributed by atoms with Gasteiger partial charge in [-0.05, 0) is 38.1 Å². The van der Waals surface area contributed by atoms with Crippen molar-refractivity contribution >= 4 is 15.6 Å². The summed E-state index contributed by atoms with van der Waals surface area (Å²) in [4.78, 5) is 12.6. The van der Waals surface area contributed by atoms with Crippen LogP contribution in [0.5, 0.6) is 5.75 Å². The zero-order valence-electron chi connectivity index (χ0n) is 14.1. The molecule has 24 heavy (non-hydrogen) atoms. The van der Waals surface area contributed by atoms with Gasteiger partial charge in [-0.1, -0.05) is 12.1 Å². The summed E-state index contributed by atoms with van der Waals surface area (Å²) in [5.41, 5.74) is 2.45. The van der Waals surface area contributed by atoms with E-state index in [-0.39, 0.29) is 17.3 Å². The zero-order valence-corrected chi connectivity index (χ0v) is 14.9. The van der Waals surface area contributed by atoms with Crippen molar-refractivity contribution in [3.8, 4) is 5.75 Å². The Bertz CT molecular complexity index is 878. The van der Waals surface area contributed by atoms with Crippen LogP contribution in [0.4, 0.5) is 0 Å². The lowest BCUT2D eigenvalue weighted by atomic mass is 10.1. The molecule has 0 bridgehead atoms. The molecule has 5 nitrogen and oxygen atoms in total. The summed E-state index contributed by atoms with van der Waals surface area (Å²) >= 11 is 0. The largest absolute Gasteiger partial charge is 0.485 e. The van der Waals surface area contributed by atoms with Crippen LogP contribution in [0.3, 0.4) is 0 Å². The smallest absolute Gasteiger partial charge is 0.202 e. The van der Waals surface area contributed by atoms with E-state index in [1.165, 1.54) is 12.1 Å². The molecular weight excluding hydrogens is 326 g/mol. The molecule has 2 aromatic rings. The van der Waals surface area contributed by atoms with E-state index in [1.807, 2.05) is 24.5 Å². The van der Waals surface area contributed by atoms with Gasteiger partial charge in [0, 0.05) is 29.8 Å². The van der Waals surface area contributed by atoms with Gasteiger partial charge in [0.05, 0.1) is 4.90 Å². The molecule has 0 amide bonds. The average Bonchev–Trinajstić information content (AvgIpc) is 2.81. The molecule has 0 aliphatic carbocycles. The number of aryl methyl sites for hydroxylation is 1. The second kappa shape index (κ2) is 7.05. The lowest BCUT2D eigenvalue weighted by molar-refractivity contribution is 0.0920. The summed E-state index contributed by atoms with van der Waals surface area (Å²) in [5, 5.41) is 0. The predicted octanol–water partition coefficient (Wildman–Crippen LogP) is 2.96. The Morgan fingerprint density at radius 3 is 2.62 bits per heavy atom. The molecule has 0 radical (unpaired) electrons. The molecule has 1 aromatic heterocycles. The molecule has 2 rings (SSSR count). The molecule has 1 heterocycles. The van der Waals surface area contributed by atoms with Gasteiger partial charge in [-0.3, -0.25) is 4.79 Å². The highest BCUT2D eigenvalue weighted by atomic mass is 32.2. The van der Waals surface area contributed by atoms with Crippen molar-refractivity contribution in [3.05, 3.63) is 59.9 Å². The number of ether oxygens (including phenoxy) is 1. The first-order chi connectivity index (χ1) is 11.2. The van der Waals surface area contributed by atoms with Crippen molar-refractivity contribution in [2.75, 3.05) is 12.9 Å². The van der Waals surface area contributed by atoms with Crippen LogP contribution in [-0.2, 0) is 16.4 Å². The third kappa shape index (κ3) is 3.94. The van der Waals surface area contributed by atoms with Crippen LogP contribution < -0.4 is 4.74 Å². The fourth-order valence-corrected chi connectivity index (χ4v) is 3.17. The van der Waals surface area contributed by atoms with Crippen LogP contribution in [-0.4, -0.2) is 31.6 Å². The Labute approximate surface area is 142 Å². The third-order valence-electron chi connectivity index (χ3n) is 3.79. The molecule has 0 aliphatic rings. The minimum atomic E-state index is -3.31. The van der Waals surface area contributed by atoms with Gasteiger partial charge in [0.2, 0.25) is 5.78 Å². The van der Waals surface area contributed by atoms with Gasteiger partial charge in [0.1, 0.15) is 5.75 Å². The van der Waals surface area contributed by atoms with Gasteiger partial charge in [-0.25, -0.2) is 8.42 Å². The van der Waals surface area contributed by atoms with E-state index in [0.717, 1.165) is 17.6 Å². The van der Waals surface area contributed by atoms with Crippen molar-refractivity contribution in [2.24, 2.45) is 0 Å². The zero-order chi connectivity index (χ0) is 17.9. The van der Waals surface area contributed by atoms with Gasteiger partial charge in [0.15, 0.2) is 16.4 Å². The summed E-state index contributed by atoms with van der Waals surface area (Å²) in [6.45, 7) is 8.03. The molecule has 0 N–H and O–H groups in total. The fraction of sp³-hybridized carbons (Fsp3) is 0.278. The maximum Gasteiger partial charge on any atom is 0.202 e. The van der Waals surface area contributed by atoms with E-state index in [9.17, 15) is 13.2 Å². The first-order valence-corrected chi connectivity index (χ1v) is 9.37. The van der Waals surface area contributed by atoms with Gasteiger partial charge in [-0.15, -0.1) is 6.58 Å². The highest BCUT2D eigenvalue weighted by Crippen LogP contribution is 2.19. The molecule has 1 aromatic carbocycles. The summed E-state index contributed by atoms with van der Waals surface area (Å²) in [6.07, 6.45) is 2.91. The molecule has 0 spiro atoms. The number of carbonyl (C=O) groups is 1. The Morgan fingerprint density at radius 1 is 1.29 bits per heavy atom. The minimum absolute atomic E-state index is 0.147. The van der Waals surface area contributed by atoms with Crippen molar-refractivity contribution in [3.63, 3.8) is 0 Å². The third-order valence-corrected chi connectivity index (χ3v) is 4.90. The molecule has 6 heteroatoms. The molecular formula is C18H21NO4S. The van der Waals surface area contributed by atoms with Crippen LogP contribution in [0.25, 0.3) is 0 Å². The number of Topliss-reactive ketones (excluding diaryl/α,β-unsaturated/α-hetero) is 1. The topological polar surface area (TPSA) is 65.4 Å². The lowest BCUT2D eigenvalue weighted by Crippen LogP contribution is -2.13. The molecule has 0 fully saturated rings. The summed E-state index contributed by atoms with van der Waals surface area (Å²) in [7, 11) is -3.31. The normalized spacial score (nSPS) is 11.3. The van der Waals surface area contributed by atoms with Gasteiger partial charge in [0.25, 0.3) is 0 Å². The molecule has 0 atom stereocenters. The molecule has 128 valence electrons. The maximum absolute atomic E-state index is 12.4. The predicted molar refractivity (Wildman–Crippen MR) is 93.5 cm³/mol. The number of hydrogen-bond acceptors (Lipinski definition) is 4. The second-order valence-corrected chi connectivity index (χ2v) is 7.66. The van der Waals surface area contributed by atoms with Crippen molar-refractivity contribution < 1.29 is 17.9 Å². The van der Waals surface area contributed by atoms with E-state index in [1.54, 1.807) is 18.2 Å². The Kier molecular flexibility index (Phi) is 5.29. The number of aromatic nitrogens is 1. The first kappa shape index (κ1) is 18.0. The molecule has 0 aliphatic heterocycles. The Hall–Kier alpha value is -2.34. The van der Waals surface area contributed by atoms with Crippen LogP contribution >= 0.6 is 0 Å². The van der Waals surface area contributed by atoms with Crippen LogP contribution in [0.15, 0.2) is 47.9 Å². The van der Waals surface area contributed by atoms with Crippen molar-refractivity contribution in [1.82, 2.24) is 4.57 Å². The van der Waals surface area contributed by atoms with Crippen LogP contribution in [0.1, 0.15) is 21.7 Å². The average molecular weight is 347 g/mol. The highest BCUT2D eigenvalue weighted by molar-refractivity contribution is 7.90. The van der Waals surface area contributed by atoms with E-state index < -0.39 is 9.84 Å². The number of allylic oxidation sites excluding steroid dienone is 1. The number of benzene rings is 1. The van der Waals surface area contributed by atoms with E-state index in [2.05, 4.69) is 6.58 Å². The van der Waals surface area contributed by atoms with E-state index in [0.29, 0.717) is 17.9 Å². The van der Waals surface area contributed by atoms with Crippen molar-refractivity contribution in [2.45, 2.75) is 25.3 Å². The van der Waals surface area contributed by atoms with Crippen LogP contribution in [0, 0.1) is 13.8 Å². The fourth-order valence-electron chi connectivity index (χ4n) is 2.51. The number of nitrogens with zero attached hydrogens (tertiary/aromatic N) is 1. The van der Waals surface area contributed by atoms with Gasteiger partial charge in [-0.2, -0.15) is 0 Å². The van der Waals surface area contributed by atoms with E-state index in [4.69, 9.17) is 4.74 Å². The number of rotatable bonds is 7. The summed E-state index contributed by atoms with van der Waals surface area (Å²) in [5.74, 6) is 0.203. The molecule has 0 saturated carbocycles.